The number of rotatable bonds is 4. The number of carbonyl (C=O) groups excluding carboxylic acids is 2. The highest BCUT2D eigenvalue weighted by atomic mass is 35.5. The molecule has 116 valence electrons. The number of likely N-dealkylation sites (N-methyl/N-ethyl adjacent to an activating group) is 1. The maximum Gasteiger partial charge on any atom is 0.415 e. The molecule has 3 amide bonds. The Morgan fingerprint density at radius 3 is 2.38 bits per heavy atom. The molecule has 0 aliphatic carbocycles. The van der Waals surface area contributed by atoms with Crippen LogP contribution >= 0.6 is 23.2 Å². The molecule has 1 aromatic rings. The smallest absolute Gasteiger partial charge is 0.415 e. The first kappa shape index (κ1) is 17.4. The monoisotopic (exact) mass is 334 g/mol. The zero-order valence-electron chi connectivity index (χ0n) is 11.9. The molecule has 1 atom stereocenters. The summed E-state index contributed by atoms with van der Waals surface area (Å²) in [7, 11) is 2.72. The Labute approximate surface area is 132 Å². The van der Waals surface area contributed by atoms with E-state index in [9.17, 15) is 9.59 Å². The third-order valence-electron chi connectivity index (χ3n) is 2.70. The number of amides is 3. The van der Waals surface area contributed by atoms with Gasteiger partial charge in [0.1, 0.15) is 12.4 Å². The lowest BCUT2D eigenvalue weighted by Gasteiger charge is -2.24. The molecule has 0 bridgehead atoms. The highest BCUT2D eigenvalue weighted by Gasteiger charge is 2.18. The van der Waals surface area contributed by atoms with E-state index in [-0.39, 0.29) is 12.6 Å². The molecule has 1 unspecified atom stereocenters. The van der Waals surface area contributed by atoms with Gasteiger partial charge in [-0.15, -0.1) is 0 Å². The molecule has 1 rings (SSSR count). The van der Waals surface area contributed by atoms with Gasteiger partial charge in [-0.05, 0) is 25.1 Å². The fourth-order valence-corrected chi connectivity index (χ4v) is 1.87. The van der Waals surface area contributed by atoms with Gasteiger partial charge in [-0.2, -0.15) is 0 Å². The Morgan fingerprint density at radius 1 is 1.29 bits per heavy atom. The third-order valence-corrected chi connectivity index (χ3v) is 3.14. The predicted molar refractivity (Wildman–Crippen MR) is 80.1 cm³/mol. The van der Waals surface area contributed by atoms with Gasteiger partial charge in [-0.3, -0.25) is 0 Å². The molecule has 0 aromatic heterocycles. The van der Waals surface area contributed by atoms with E-state index >= 15 is 0 Å². The Hall–Kier alpha value is -1.66. The summed E-state index contributed by atoms with van der Waals surface area (Å²) in [5, 5.41) is 2.97. The number of ether oxygens (including phenoxy) is 2. The van der Waals surface area contributed by atoms with Gasteiger partial charge in [-0.1, -0.05) is 23.2 Å². The van der Waals surface area contributed by atoms with E-state index in [2.05, 4.69) is 10.1 Å². The van der Waals surface area contributed by atoms with E-state index in [1.54, 1.807) is 25.1 Å². The van der Waals surface area contributed by atoms with Crippen molar-refractivity contribution in [3.63, 3.8) is 0 Å². The summed E-state index contributed by atoms with van der Waals surface area (Å²) in [6.45, 7) is 1.98. The van der Waals surface area contributed by atoms with E-state index < -0.39 is 12.1 Å². The van der Waals surface area contributed by atoms with Crippen LogP contribution < -0.4 is 10.1 Å². The Bertz CT molecular complexity index is 505. The lowest BCUT2D eigenvalue weighted by Crippen LogP contribution is -2.46. The molecule has 8 heteroatoms. The molecular formula is C13H16Cl2N2O4. The van der Waals surface area contributed by atoms with Crippen LogP contribution in [0.2, 0.25) is 10.0 Å². The number of imide groups is 1. The molecule has 6 nitrogen and oxygen atoms in total. The minimum atomic E-state index is -0.818. The fraction of sp³-hybridized carbons (Fsp3) is 0.385. The van der Waals surface area contributed by atoms with Crippen LogP contribution in [0.25, 0.3) is 0 Å². The van der Waals surface area contributed by atoms with Crippen molar-refractivity contribution in [2.45, 2.75) is 13.0 Å². The van der Waals surface area contributed by atoms with Crippen LogP contribution in [0.1, 0.15) is 6.92 Å². The summed E-state index contributed by atoms with van der Waals surface area (Å²) in [5.41, 5.74) is 0. The van der Waals surface area contributed by atoms with E-state index in [1.165, 1.54) is 19.1 Å². The van der Waals surface area contributed by atoms with Crippen LogP contribution in [-0.2, 0) is 4.74 Å². The second-order valence-electron chi connectivity index (χ2n) is 4.30. The van der Waals surface area contributed by atoms with Crippen LogP contribution in [0.3, 0.4) is 0 Å². The van der Waals surface area contributed by atoms with Crippen molar-refractivity contribution in [1.29, 1.82) is 0 Å². The molecule has 21 heavy (non-hydrogen) atoms. The molecule has 0 saturated heterocycles. The Balaban J connectivity index is 2.54. The van der Waals surface area contributed by atoms with Crippen molar-refractivity contribution < 1.29 is 19.1 Å². The highest BCUT2D eigenvalue weighted by Crippen LogP contribution is 2.24. The molecule has 1 N–H and O–H groups in total. The summed E-state index contributed by atoms with van der Waals surface area (Å²) >= 11 is 11.7. The van der Waals surface area contributed by atoms with Gasteiger partial charge in [-0.25, -0.2) is 14.9 Å². The number of urea groups is 1. The molecule has 0 heterocycles. The summed E-state index contributed by atoms with van der Waals surface area (Å²) in [4.78, 5) is 24.0. The van der Waals surface area contributed by atoms with Gasteiger partial charge in [0.25, 0.3) is 0 Å². The van der Waals surface area contributed by atoms with Crippen LogP contribution in [0.15, 0.2) is 18.2 Å². The van der Waals surface area contributed by atoms with Gasteiger partial charge >= 0.3 is 12.1 Å². The number of hydrogen-bond acceptors (Lipinski definition) is 4. The minimum absolute atomic E-state index is 0.210. The topological polar surface area (TPSA) is 67.9 Å². The van der Waals surface area contributed by atoms with Crippen molar-refractivity contribution in [3.8, 4) is 5.75 Å². The number of alkyl carbamates (subject to hydrolysis) is 1. The number of hydrogen-bond donors (Lipinski definition) is 1. The van der Waals surface area contributed by atoms with Crippen molar-refractivity contribution in [2.24, 2.45) is 0 Å². The summed E-state index contributed by atoms with van der Waals surface area (Å²) in [6.07, 6.45) is -0.818. The second kappa shape index (κ2) is 7.95. The number of benzene rings is 1. The summed E-state index contributed by atoms with van der Waals surface area (Å²) in [6, 6.07) is 3.97. The molecule has 0 aliphatic heterocycles. The van der Waals surface area contributed by atoms with Crippen molar-refractivity contribution in [3.05, 3.63) is 28.2 Å². The van der Waals surface area contributed by atoms with E-state index in [1.807, 2.05) is 0 Å². The number of nitrogens with zero attached hydrogens (tertiary/aromatic N) is 1. The third kappa shape index (κ3) is 5.69. The minimum Gasteiger partial charge on any atom is -0.491 e. The van der Waals surface area contributed by atoms with E-state index in [0.29, 0.717) is 15.8 Å². The average molecular weight is 335 g/mol. The second-order valence-corrected chi connectivity index (χ2v) is 5.17. The molecule has 0 radical (unpaired) electrons. The lowest BCUT2D eigenvalue weighted by molar-refractivity contribution is 0.150. The number of nitrogens with one attached hydrogen (secondary N) is 1. The Kier molecular flexibility index (Phi) is 6.58. The van der Waals surface area contributed by atoms with Gasteiger partial charge in [0, 0.05) is 17.1 Å². The zero-order valence-corrected chi connectivity index (χ0v) is 13.4. The maximum atomic E-state index is 11.7. The molecular weight excluding hydrogens is 319 g/mol. The molecule has 0 aliphatic rings. The van der Waals surface area contributed by atoms with Crippen molar-refractivity contribution in [2.75, 3.05) is 20.8 Å². The van der Waals surface area contributed by atoms with Crippen LogP contribution in [0, 0.1) is 0 Å². The predicted octanol–water partition coefficient (Wildman–Crippen LogP) is 3.17. The number of halogens is 2. The van der Waals surface area contributed by atoms with Gasteiger partial charge in [0.05, 0.1) is 13.2 Å². The van der Waals surface area contributed by atoms with Gasteiger partial charge in [0.15, 0.2) is 0 Å². The first-order valence-corrected chi connectivity index (χ1v) is 6.79. The van der Waals surface area contributed by atoms with Crippen LogP contribution in [0.4, 0.5) is 9.59 Å². The van der Waals surface area contributed by atoms with Crippen molar-refractivity contribution in [1.82, 2.24) is 10.2 Å². The number of carbonyl (C=O) groups is 2. The summed E-state index contributed by atoms with van der Waals surface area (Å²) in [5.74, 6) is 0.501. The summed E-state index contributed by atoms with van der Waals surface area (Å²) < 4.78 is 9.87. The Morgan fingerprint density at radius 2 is 1.86 bits per heavy atom. The highest BCUT2D eigenvalue weighted by molar-refractivity contribution is 6.34. The zero-order chi connectivity index (χ0) is 16.0. The van der Waals surface area contributed by atoms with Crippen LogP contribution in [-0.4, -0.2) is 43.8 Å². The van der Waals surface area contributed by atoms with E-state index in [4.69, 9.17) is 27.9 Å². The quantitative estimate of drug-likeness (QED) is 0.918. The standard InChI is InChI=1S/C13H16Cl2N2O4/c1-8(17(2)12(18)16-13(19)20-3)7-21-11-5-9(14)4-10(15)6-11/h4-6,8H,7H2,1-3H3,(H,16,18,19). The maximum absolute atomic E-state index is 11.7. The average Bonchev–Trinajstić information content (AvgIpc) is 2.42. The molecule has 0 fully saturated rings. The molecule has 0 saturated carbocycles. The largest absolute Gasteiger partial charge is 0.491 e. The van der Waals surface area contributed by atoms with Crippen LogP contribution in [0.5, 0.6) is 5.75 Å². The normalized spacial score (nSPS) is 11.5. The fourth-order valence-electron chi connectivity index (χ4n) is 1.37. The lowest BCUT2D eigenvalue weighted by atomic mass is 10.3. The molecule has 0 spiro atoms. The molecule has 1 aromatic carbocycles. The SMILES string of the molecule is COC(=O)NC(=O)N(C)C(C)COc1cc(Cl)cc(Cl)c1. The van der Waals surface area contributed by atoms with Crippen molar-refractivity contribution >= 4 is 35.3 Å². The van der Waals surface area contributed by atoms with Gasteiger partial charge < -0.3 is 14.4 Å². The first-order valence-electron chi connectivity index (χ1n) is 6.04. The number of methoxy groups -OCH3 is 1. The first-order chi connectivity index (χ1) is 9.83. The van der Waals surface area contributed by atoms with E-state index in [0.717, 1.165) is 0 Å². The van der Waals surface area contributed by atoms with Gasteiger partial charge in [0.2, 0.25) is 0 Å².